The van der Waals surface area contributed by atoms with E-state index in [1.54, 1.807) is 0 Å². The van der Waals surface area contributed by atoms with Crippen molar-refractivity contribution in [3.8, 4) is 0 Å². The zero-order valence-corrected chi connectivity index (χ0v) is 5.70. The fraction of sp³-hybridized carbons (Fsp3) is 0.833. The number of nitrogens with zero attached hydrogens (tertiary/aromatic N) is 1. The van der Waals surface area contributed by atoms with Crippen LogP contribution in [0.25, 0.3) is 4.85 Å². The Morgan fingerprint density at radius 3 is 1.56 bits per heavy atom. The fourth-order valence-electron chi connectivity index (χ4n) is 0.168. The third-order valence-corrected chi connectivity index (χ3v) is 1.04. The van der Waals surface area contributed by atoms with Crippen molar-refractivity contribution in [2.45, 2.75) is 26.8 Å². The van der Waals surface area contributed by atoms with E-state index in [1.807, 2.05) is 0 Å². The zero-order valence-electron chi connectivity index (χ0n) is 5.70. The van der Waals surface area contributed by atoms with Crippen LogP contribution in [-0.4, -0.2) is 6.05 Å². The van der Waals surface area contributed by atoms with Crippen LogP contribution >= 0.6 is 0 Å². The number of halogens is 2. The summed E-state index contributed by atoms with van der Waals surface area (Å²) >= 11 is 0. The van der Waals surface area contributed by atoms with Crippen LogP contribution in [0.3, 0.4) is 0 Å². The number of alkyl halides is 2. The Labute approximate surface area is 53.5 Å². The maximum absolute atomic E-state index is 12.3. The molecule has 0 aromatic rings. The molecule has 0 unspecified atom stereocenters. The maximum atomic E-state index is 12.3. The molecular weight excluding hydrogens is 124 g/mol. The highest BCUT2D eigenvalue weighted by molar-refractivity contribution is 4.88. The van der Waals surface area contributed by atoms with E-state index < -0.39 is 11.5 Å². The summed E-state index contributed by atoms with van der Waals surface area (Å²) in [6, 6.07) is -3.23. The van der Waals surface area contributed by atoms with Gasteiger partial charge < -0.3 is 0 Å². The first kappa shape index (κ1) is 8.35. The monoisotopic (exact) mass is 133 g/mol. The highest BCUT2D eigenvalue weighted by atomic mass is 19.3. The third kappa shape index (κ3) is 1.63. The molecule has 0 aliphatic heterocycles. The lowest BCUT2D eigenvalue weighted by atomic mass is 9.94. The van der Waals surface area contributed by atoms with Crippen LogP contribution in [0.15, 0.2) is 0 Å². The van der Waals surface area contributed by atoms with E-state index >= 15 is 0 Å². The molecule has 0 aliphatic carbocycles. The van der Waals surface area contributed by atoms with E-state index in [2.05, 4.69) is 4.85 Å². The molecule has 0 spiro atoms. The molecule has 0 N–H and O–H groups in total. The van der Waals surface area contributed by atoms with Gasteiger partial charge in [0, 0.05) is 0 Å². The molecule has 0 saturated carbocycles. The predicted molar refractivity (Wildman–Crippen MR) is 31.0 cm³/mol. The molecule has 0 aromatic carbocycles. The summed E-state index contributed by atoms with van der Waals surface area (Å²) in [4.78, 5) is 2.21. The van der Waals surface area contributed by atoms with Gasteiger partial charge in [0.15, 0.2) is 0 Å². The van der Waals surface area contributed by atoms with E-state index in [9.17, 15) is 8.78 Å². The molecule has 0 amide bonds. The van der Waals surface area contributed by atoms with E-state index in [0.29, 0.717) is 0 Å². The molecule has 0 atom stereocenters. The van der Waals surface area contributed by atoms with Crippen molar-refractivity contribution in [3.05, 3.63) is 11.4 Å². The molecule has 0 heterocycles. The average molecular weight is 133 g/mol. The second-order valence-electron chi connectivity index (χ2n) is 2.90. The lowest BCUT2D eigenvalue weighted by molar-refractivity contribution is -0.0526. The van der Waals surface area contributed by atoms with Crippen LogP contribution in [0.4, 0.5) is 8.78 Å². The van der Waals surface area contributed by atoms with Crippen LogP contribution in [0.2, 0.25) is 0 Å². The second kappa shape index (κ2) is 1.94. The van der Waals surface area contributed by atoms with Crippen LogP contribution in [0, 0.1) is 12.0 Å². The van der Waals surface area contributed by atoms with Crippen molar-refractivity contribution < 1.29 is 8.78 Å². The van der Waals surface area contributed by atoms with Crippen LogP contribution in [0.5, 0.6) is 0 Å². The Morgan fingerprint density at radius 1 is 1.22 bits per heavy atom. The molecule has 3 heteroatoms. The normalized spacial score (nSPS) is 12.9. The van der Waals surface area contributed by atoms with E-state index in [0.717, 1.165) is 0 Å². The van der Waals surface area contributed by atoms with Crippen molar-refractivity contribution in [1.82, 2.24) is 0 Å². The van der Waals surface area contributed by atoms with Gasteiger partial charge >= 0.3 is 6.05 Å². The zero-order chi connectivity index (χ0) is 7.71. The van der Waals surface area contributed by atoms with E-state index in [4.69, 9.17) is 6.57 Å². The lowest BCUT2D eigenvalue weighted by Gasteiger charge is -2.17. The molecule has 1 nitrogen and oxygen atoms in total. The number of hydrogen-bond donors (Lipinski definition) is 0. The first-order valence-corrected chi connectivity index (χ1v) is 2.58. The summed E-state index contributed by atoms with van der Waals surface area (Å²) < 4.78 is 24.6. The van der Waals surface area contributed by atoms with E-state index in [1.165, 1.54) is 20.8 Å². The van der Waals surface area contributed by atoms with Gasteiger partial charge in [-0.2, -0.15) is 0 Å². The Balaban J connectivity index is 4.39. The third-order valence-electron chi connectivity index (χ3n) is 1.04. The second-order valence-corrected chi connectivity index (χ2v) is 2.90. The molecule has 0 aromatic heterocycles. The van der Waals surface area contributed by atoms with Gasteiger partial charge in [-0.3, -0.25) is 0 Å². The quantitative estimate of drug-likeness (QED) is 0.353. The van der Waals surface area contributed by atoms with Crippen molar-refractivity contribution in [1.29, 1.82) is 0 Å². The van der Waals surface area contributed by atoms with Gasteiger partial charge in [-0.15, -0.1) is 8.78 Å². The standard InChI is InChI=1S/C6H9F2N/c1-5(2,3)6(7,8)9-4/h1-3H3. The topological polar surface area (TPSA) is 4.36 Å². The van der Waals surface area contributed by atoms with Gasteiger partial charge in [-0.05, 0) is 20.8 Å². The summed E-state index contributed by atoms with van der Waals surface area (Å²) in [5.74, 6) is 0. The molecule has 0 rings (SSSR count). The van der Waals surface area contributed by atoms with Crippen molar-refractivity contribution >= 4 is 0 Å². The summed E-state index contributed by atoms with van der Waals surface area (Å²) in [7, 11) is 0. The number of rotatable bonds is 0. The van der Waals surface area contributed by atoms with Crippen LogP contribution in [-0.2, 0) is 0 Å². The van der Waals surface area contributed by atoms with Gasteiger partial charge in [-0.25, -0.2) is 11.4 Å². The fourth-order valence-corrected chi connectivity index (χ4v) is 0.168. The molecular formula is C6H9F2N. The summed E-state index contributed by atoms with van der Waals surface area (Å²) in [5, 5.41) is 0. The largest absolute Gasteiger partial charge is 0.532 e. The van der Waals surface area contributed by atoms with Crippen molar-refractivity contribution in [3.63, 3.8) is 0 Å². The maximum Gasteiger partial charge on any atom is 0.532 e. The van der Waals surface area contributed by atoms with Crippen LogP contribution in [0.1, 0.15) is 20.8 Å². The molecule has 0 fully saturated rings. The molecule has 0 bridgehead atoms. The Morgan fingerprint density at radius 2 is 1.56 bits per heavy atom. The molecule has 52 valence electrons. The highest BCUT2D eigenvalue weighted by Gasteiger charge is 2.50. The Bertz CT molecular complexity index is 138. The summed E-state index contributed by atoms with van der Waals surface area (Å²) in [6.45, 7) is 10.2. The van der Waals surface area contributed by atoms with Crippen molar-refractivity contribution in [2.24, 2.45) is 5.41 Å². The highest BCUT2D eigenvalue weighted by Crippen LogP contribution is 2.36. The van der Waals surface area contributed by atoms with Crippen LogP contribution < -0.4 is 0 Å². The van der Waals surface area contributed by atoms with Gasteiger partial charge in [-0.1, -0.05) is 0 Å². The van der Waals surface area contributed by atoms with Gasteiger partial charge in [0.1, 0.15) is 5.41 Å². The van der Waals surface area contributed by atoms with Gasteiger partial charge in [0.05, 0.1) is 0 Å². The molecule has 0 saturated heterocycles. The SMILES string of the molecule is [C-]#[N+]C(F)(F)C(C)(C)C. The first-order chi connectivity index (χ1) is 3.81. The predicted octanol–water partition coefficient (Wildman–Crippen LogP) is 2.54. The first-order valence-electron chi connectivity index (χ1n) is 2.58. The minimum absolute atomic E-state index is 1.24. The smallest absolute Gasteiger partial charge is 0.242 e. The minimum Gasteiger partial charge on any atom is -0.242 e. The molecule has 0 radical (unpaired) electrons. The Kier molecular flexibility index (Phi) is 1.80. The van der Waals surface area contributed by atoms with Crippen molar-refractivity contribution in [2.75, 3.05) is 0 Å². The summed E-state index contributed by atoms with van der Waals surface area (Å²) in [6.07, 6.45) is 0. The van der Waals surface area contributed by atoms with E-state index in [-0.39, 0.29) is 0 Å². The molecule has 0 aliphatic rings. The summed E-state index contributed by atoms with van der Waals surface area (Å²) in [5.41, 5.74) is -1.24. The van der Waals surface area contributed by atoms with Gasteiger partial charge in [0.2, 0.25) is 0 Å². The minimum atomic E-state index is -3.23. The Hall–Kier alpha value is -0.650. The lowest BCUT2D eigenvalue weighted by Crippen LogP contribution is -2.29. The average Bonchev–Trinajstić information content (AvgIpc) is 1.64. The van der Waals surface area contributed by atoms with Gasteiger partial charge in [0.25, 0.3) is 0 Å². The molecule has 9 heavy (non-hydrogen) atoms. The number of hydrogen-bond acceptors (Lipinski definition) is 0.